The van der Waals surface area contributed by atoms with Crippen molar-refractivity contribution in [2.24, 2.45) is 0 Å². The summed E-state index contributed by atoms with van der Waals surface area (Å²) >= 11 is 3.42. The van der Waals surface area contributed by atoms with Crippen LogP contribution in [0.4, 0.5) is 0 Å². The van der Waals surface area contributed by atoms with E-state index < -0.39 is 0 Å². The smallest absolute Gasteiger partial charge is 0.285 e. The number of para-hydroxylation sites is 2. The van der Waals surface area contributed by atoms with E-state index in [0.29, 0.717) is 0 Å². The minimum absolute atomic E-state index is 0. The van der Waals surface area contributed by atoms with Crippen molar-refractivity contribution < 1.29 is 19.5 Å². The molecular weight excluding hydrogens is 470 g/mol. The number of hydrogen-bond donors (Lipinski definition) is 0. The van der Waals surface area contributed by atoms with E-state index in [4.69, 9.17) is 0 Å². The third-order valence-electron chi connectivity index (χ3n) is 4.47. The second kappa shape index (κ2) is 10.1. The van der Waals surface area contributed by atoms with Gasteiger partial charge in [0, 0.05) is 19.4 Å². The van der Waals surface area contributed by atoms with E-state index >= 15 is 0 Å². The molecule has 0 amide bonds. The molecule has 0 N–H and O–H groups in total. The van der Waals surface area contributed by atoms with E-state index in [-0.39, 0.29) is 19.5 Å². The number of rotatable bonds is 2. The first-order chi connectivity index (χ1) is 14.9. The zero-order valence-electron chi connectivity index (χ0n) is 16.7. The average molecular weight is 486 g/mol. The van der Waals surface area contributed by atoms with Crippen molar-refractivity contribution in [3.05, 3.63) is 109 Å². The van der Waals surface area contributed by atoms with Crippen molar-refractivity contribution in [3.8, 4) is 21.1 Å². The van der Waals surface area contributed by atoms with Gasteiger partial charge in [-0.3, -0.25) is 9.97 Å². The van der Waals surface area contributed by atoms with E-state index in [1.54, 1.807) is 22.7 Å². The molecule has 0 saturated carbocycles. The van der Waals surface area contributed by atoms with Gasteiger partial charge in [-0.1, -0.05) is 24.3 Å². The number of hydrogen-bond acceptors (Lipinski definition) is 4. The van der Waals surface area contributed by atoms with Crippen LogP contribution in [-0.2, 0) is 19.5 Å². The first kappa shape index (κ1) is 21.5. The van der Waals surface area contributed by atoms with Gasteiger partial charge in [0.05, 0.1) is 11.0 Å². The maximum atomic E-state index is 4.57. The summed E-state index contributed by atoms with van der Waals surface area (Å²) in [6, 6.07) is 38.6. The number of fused-ring (bicyclic) bond motifs is 2. The summed E-state index contributed by atoms with van der Waals surface area (Å²) in [5.74, 6) is 0. The quantitative estimate of drug-likeness (QED) is 0.187. The first-order valence-corrected chi connectivity index (χ1v) is 11.2. The summed E-state index contributed by atoms with van der Waals surface area (Å²) in [6.07, 6.45) is 0. The van der Waals surface area contributed by atoms with Crippen molar-refractivity contribution in [3.63, 3.8) is 0 Å². The molecule has 6 aromatic rings. The molecule has 0 fully saturated rings. The molecule has 0 saturated heterocycles. The summed E-state index contributed by atoms with van der Waals surface area (Å²) < 4.78 is 2.45. The summed E-state index contributed by atoms with van der Waals surface area (Å²) in [5.41, 5.74) is 4.27. The van der Waals surface area contributed by atoms with Crippen LogP contribution in [0.1, 0.15) is 0 Å². The maximum absolute atomic E-state index is 4.57. The zero-order valence-corrected chi connectivity index (χ0v) is 21.3. The molecule has 0 unspecified atom stereocenters. The molecule has 2 aromatic heterocycles. The summed E-state index contributed by atoms with van der Waals surface area (Å²) in [5, 5.41) is 2.08. The van der Waals surface area contributed by atoms with Gasteiger partial charge in [0.2, 0.25) is 0 Å². The third-order valence-corrected chi connectivity index (χ3v) is 6.61. The summed E-state index contributed by atoms with van der Waals surface area (Å²) in [7, 11) is 0. The Bertz CT molecular complexity index is 1220. The zero-order chi connectivity index (χ0) is 20.2. The monoisotopic (exact) mass is 484 g/mol. The van der Waals surface area contributed by atoms with E-state index in [2.05, 4.69) is 34.2 Å². The molecule has 144 valence electrons. The van der Waals surface area contributed by atoms with Gasteiger partial charge in [0.1, 0.15) is 0 Å². The Hall–Kier alpha value is -2.72. The van der Waals surface area contributed by atoms with Crippen LogP contribution in [0.5, 0.6) is 0 Å². The van der Waals surface area contributed by atoms with Crippen LogP contribution in [0.25, 0.3) is 41.6 Å². The molecular formula is C26H16N2S2Zn. The van der Waals surface area contributed by atoms with Crippen LogP contribution in [0.15, 0.2) is 97.1 Å². The predicted molar refractivity (Wildman–Crippen MR) is 128 cm³/mol. The Labute approximate surface area is 202 Å². The van der Waals surface area contributed by atoms with Crippen molar-refractivity contribution >= 4 is 43.1 Å². The molecule has 0 aliphatic carbocycles. The largest absolute Gasteiger partial charge is 2.00 e. The van der Waals surface area contributed by atoms with E-state index in [1.807, 2.05) is 84.9 Å². The van der Waals surface area contributed by atoms with Gasteiger partial charge in [-0.15, -0.1) is 71.8 Å². The fourth-order valence-electron chi connectivity index (χ4n) is 3.03. The summed E-state index contributed by atoms with van der Waals surface area (Å²) in [6.45, 7) is 0. The molecule has 0 aliphatic heterocycles. The van der Waals surface area contributed by atoms with E-state index in [0.717, 1.165) is 32.2 Å². The predicted octanol–water partition coefficient (Wildman–Crippen LogP) is 7.52. The van der Waals surface area contributed by atoms with Gasteiger partial charge < -0.3 is 0 Å². The maximum Gasteiger partial charge on any atom is 2.00 e. The molecule has 0 aliphatic rings. The minimum Gasteiger partial charge on any atom is -0.285 e. The average Bonchev–Trinajstić information content (AvgIpc) is 3.45. The fraction of sp³-hybridized carbons (Fsp3) is 0. The van der Waals surface area contributed by atoms with Crippen LogP contribution in [0, 0.1) is 12.1 Å². The second-order valence-corrected chi connectivity index (χ2v) is 8.59. The Morgan fingerprint density at radius 2 is 0.935 bits per heavy atom. The number of nitrogens with zero attached hydrogens (tertiary/aromatic N) is 2. The van der Waals surface area contributed by atoms with Gasteiger partial charge in [-0.05, 0) is 24.3 Å². The Balaban J connectivity index is 0.000000144. The van der Waals surface area contributed by atoms with Crippen LogP contribution in [0.2, 0.25) is 0 Å². The molecule has 0 atom stereocenters. The topological polar surface area (TPSA) is 25.8 Å². The molecule has 4 aromatic carbocycles. The van der Waals surface area contributed by atoms with E-state index in [9.17, 15) is 0 Å². The molecule has 2 heterocycles. The molecule has 5 heteroatoms. The normalized spacial score (nSPS) is 10.3. The van der Waals surface area contributed by atoms with Gasteiger partial charge in [-0.2, -0.15) is 22.7 Å². The van der Waals surface area contributed by atoms with E-state index in [1.165, 1.54) is 9.40 Å². The molecule has 0 spiro atoms. The van der Waals surface area contributed by atoms with Gasteiger partial charge >= 0.3 is 19.5 Å². The Kier molecular flexibility index (Phi) is 6.98. The molecule has 31 heavy (non-hydrogen) atoms. The Morgan fingerprint density at radius 1 is 0.516 bits per heavy atom. The van der Waals surface area contributed by atoms with Gasteiger partial charge in [0.25, 0.3) is 0 Å². The molecule has 0 radical (unpaired) electrons. The van der Waals surface area contributed by atoms with Gasteiger partial charge in [0.15, 0.2) is 0 Å². The molecule has 2 nitrogen and oxygen atoms in total. The van der Waals surface area contributed by atoms with Gasteiger partial charge in [-0.25, -0.2) is 0 Å². The van der Waals surface area contributed by atoms with Crippen LogP contribution in [-0.4, -0.2) is 9.97 Å². The van der Waals surface area contributed by atoms with Crippen molar-refractivity contribution in [1.29, 1.82) is 0 Å². The van der Waals surface area contributed by atoms with Crippen LogP contribution >= 0.6 is 22.7 Å². The summed E-state index contributed by atoms with van der Waals surface area (Å²) in [4.78, 5) is 9.14. The number of benzene rings is 4. The second-order valence-electron chi connectivity index (χ2n) is 6.53. The number of thiazole rings is 2. The van der Waals surface area contributed by atoms with Crippen LogP contribution in [0.3, 0.4) is 0 Å². The van der Waals surface area contributed by atoms with Crippen molar-refractivity contribution in [1.82, 2.24) is 9.97 Å². The molecule has 0 bridgehead atoms. The van der Waals surface area contributed by atoms with Crippen molar-refractivity contribution in [2.45, 2.75) is 0 Å². The minimum atomic E-state index is 0. The third kappa shape index (κ3) is 4.96. The number of aromatic nitrogens is 2. The first-order valence-electron chi connectivity index (χ1n) is 9.52. The standard InChI is InChI=1S/2C13H8NS.Zn/c2*1-2-6-10(7-3-1)13-14-11-8-4-5-9-12(11)15-13;/h2*1-6,8-9H;/q2*-1;+2. The Morgan fingerprint density at radius 3 is 1.32 bits per heavy atom. The SMILES string of the molecule is [Zn+2].[c-]1ccccc1-c1nc2ccccc2s1.[c-]1ccccc1-c1nc2ccccc2s1. The fourth-order valence-corrected chi connectivity index (χ4v) is 4.94. The van der Waals surface area contributed by atoms with Crippen molar-refractivity contribution in [2.75, 3.05) is 0 Å². The van der Waals surface area contributed by atoms with Crippen LogP contribution < -0.4 is 0 Å². The molecule has 6 rings (SSSR count).